The predicted molar refractivity (Wildman–Crippen MR) is 80.7 cm³/mol. The zero-order valence-electron chi connectivity index (χ0n) is 12.1. The van der Waals surface area contributed by atoms with Gasteiger partial charge in [0.1, 0.15) is 11.3 Å². The molecule has 0 spiro atoms. The van der Waals surface area contributed by atoms with E-state index in [1.807, 2.05) is 12.1 Å². The lowest BCUT2D eigenvalue weighted by Gasteiger charge is -2.26. The molecule has 2 N–H and O–H groups in total. The van der Waals surface area contributed by atoms with Crippen molar-refractivity contribution >= 4 is 11.0 Å². The molecule has 0 saturated heterocycles. The third-order valence-electron chi connectivity index (χ3n) is 4.37. The highest BCUT2D eigenvalue weighted by molar-refractivity contribution is 5.82. The van der Waals surface area contributed by atoms with Crippen LogP contribution in [0.1, 0.15) is 43.9 Å². The average Bonchev–Trinajstić information content (AvgIpc) is 2.84. The molecular formula is C17H23NO2. The summed E-state index contributed by atoms with van der Waals surface area (Å²) in [4.78, 5) is 0. The van der Waals surface area contributed by atoms with Gasteiger partial charge in [0.15, 0.2) is 0 Å². The van der Waals surface area contributed by atoms with Crippen molar-refractivity contribution < 1.29 is 9.52 Å². The number of aliphatic hydroxyl groups excluding tert-OH is 1. The number of benzene rings is 1. The summed E-state index contributed by atoms with van der Waals surface area (Å²) in [5.41, 5.74) is 2.29. The first-order valence-electron chi connectivity index (χ1n) is 7.68. The van der Waals surface area contributed by atoms with Crippen molar-refractivity contribution in [1.82, 2.24) is 5.32 Å². The number of furan rings is 1. The molecule has 0 unspecified atom stereocenters. The number of aryl methyl sites for hydroxylation is 1. The fourth-order valence-electron chi connectivity index (χ4n) is 3.16. The predicted octanol–water partition coefficient (Wildman–Crippen LogP) is 3.39. The van der Waals surface area contributed by atoms with E-state index in [4.69, 9.17) is 4.42 Å². The minimum atomic E-state index is -0.0889. The quantitative estimate of drug-likeness (QED) is 0.897. The van der Waals surface area contributed by atoms with Crippen LogP contribution in [0.15, 0.2) is 28.7 Å². The summed E-state index contributed by atoms with van der Waals surface area (Å²) < 4.78 is 5.93. The summed E-state index contributed by atoms with van der Waals surface area (Å²) in [5.74, 6) is 1.09. The van der Waals surface area contributed by atoms with E-state index in [1.165, 1.54) is 10.9 Å². The number of nitrogens with one attached hydrogen (secondary N) is 1. The molecule has 0 bridgehead atoms. The number of aliphatic hydroxyl groups is 1. The lowest BCUT2D eigenvalue weighted by molar-refractivity contribution is 0.116. The third kappa shape index (κ3) is 2.74. The van der Waals surface area contributed by atoms with E-state index >= 15 is 0 Å². The van der Waals surface area contributed by atoms with Crippen LogP contribution in [-0.4, -0.2) is 17.3 Å². The van der Waals surface area contributed by atoms with E-state index in [1.54, 1.807) is 0 Å². The summed E-state index contributed by atoms with van der Waals surface area (Å²) in [6.07, 6.45) is 4.81. The zero-order chi connectivity index (χ0) is 13.9. The lowest BCUT2D eigenvalue weighted by atomic mass is 9.93. The second-order valence-electron chi connectivity index (χ2n) is 5.74. The first-order valence-corrected chi connectivity index (χ1v) is 7.68. The largest absolute Gasteiger partial charge is 0.461 e. The van der Waals surface area contributed by atoms with Gasteiger partial charge in [0, 0.05) is 30.0 Å². The molecule has 3 rings (SSSR count). The molecule has 108 valence electrons. The Morgan fingerprint density at radius 2 is 1.95 bits per heavy atom. The molecule has 1 aromatic heterocycles. The molecule has 3 nitrogen and oxygen atoms in total. The summed E-state index contributed by atoms with van der Waals surface area (Å²) in [6, 6.07) is 8.79. The Morgan fingerprint density at radius 1 is 1.20 bits per heavy atom. The van der Waals surface area contributed by atoms with Crippen LogP contribution in [0, 0.1) is 0 Å². The minimum Gasteiger partial charge on any atom is -0.461 e. The third-order valence-corrected chi connectivity index (χ3v) is 4.37. The Kier molecular flexibility index (Phi) is 4.08. The van der Waals surface area contributed by atoms with Gasteiger partial charge in [-0.15, -0.1) is 0 Å². The first-order chi connectivity index (χ1) is 9.78. The molecule has 1 heterocycles. The van der Waals surface area contributed by atoms with E-state index in [-0.39, 0.29) is 6.10 Å². The molecule has 1 aromatic carbocycles. The van der Waals surface area contributed by atoms with E-state index in [2.05, 4.69) is 24.4 Å². The van der Waals surface area contributed by atoms with Crippen molar-refractivity contribution in [3.63, 3.8) is 0 Å². The average molecular weight is 273 g/mol. The number of rotatable bonds is 4. The highest BCUT2D eigenvalue weighted by Gasteiger charge is 2.20. The van der Waals surface area contributed by atoms with Crippen molar-refractivity contribution in [3.8, 4) is 0 Å². The van der Waals surface area contributed by atoms with Crippen LogP contribution in [-0.2, 0) is 13.0 Å². The summed E-state index contributed by atoms with van der Waals surface area (Å²) in [7, 11) is 0. The molecule has 0 radical (unpaired) electrons. The van der Waals surface area contributed by atoms with Gasteiger partial charge in [-0.2, -0.15) is 0 Å². The number of hydrogen-bond acceptors (Lipinski definition) is 3. The van der Waals surface area contributed by atoms with Crippen molar-refractivity contribution in [2.24, 2.45) is 0 Å². The number of hydrogen-bond donors (Lipinski definition) is 2. The number of para-hydroxylation sites is 1. The Labute approximate surface area is 120 Å². The fraction of sp³-hybridized carbons (Fsp3) is 0.529. The van der Waals surface area contributed by atoms with Gasteiger partial charge in [0.25, 0.3) is 0 Å². The van der Waals surface area contributed by atoms with Gasteiger partial charge in [0.05, 0.1) is 6.10 Å². The molecule has 2 aromatic rings. The van der Waals surface area contributed by atoms with E-state index in [9.17, 15) is 5.11 Å². The molecule has 1 aliphatic carbocycles. The van der Waals surface area contributed by atoms with E-state index < -0.39 is 0 Å². The minimum absolute atomic E-state index is 0.0889. The topological polar surface area (TPSA) is 45.4 Å². The second-order valence-corrected chi connectivity index (χ2v) is 5.74. The molecule has 1 aliphatic rings. The van der Waals surface area contributed by atoms with Gasteiger partial charge in [0.2, 0.25) is 0 Å². The SMILES string of the molecule is CCc1oc2ccccc2c1CNC1CCC(O)CC1. The lowest BCUT2D eigenvalue weighted by Crippen LogP contribution is -2.34. The summed E-state index contributed by atoms with van der Waals surface area (Å²) in [5, 5.41) is 14.4. The van der Waals surface area contributed by atoms with Crippen LogP contribution < -0.4 is 5.32 Å². The summed E-state index contributed by atoms with van der Waals surface area (Å²) in [6.45, 7) is 3.00. The fourth-order valence-corrected chi connectivity index (χ4v) is 3.16. The second kappa shape index (κ2) is 5.98. The molecule has 0 aliphatic heterocycles. The van der Waals surface area contributed by atoms with Gasteiger partial charge >= 0.3 is 0 Å². The highest BCUT2D eigenvalue weighted by Crippen LogP contribution is 2.27. The van der Waals surface area contributed by atoms with Crippen molar-refractivity contribution in [2.75, 3.05) is 0 Å². The van der Waals surface area contributed by atoms with Crippen LogP contribution in [0.3, 0.4) is 0 Å². The maximum Gasteiger partial charge on any atom is 0.134 e. The van der Waals surface area contributed by atoms with Crippen LogP contribution in [0.5, 0.6) is 0 Å². The van der Waals surface area contributed by atoms with E-state index in [0.717, 1.165) is 50.0 Å². The maximum absolute atomic E-state index is 9.56. The standard InChI is InChI=1S/C17H23NO2/c1-2-16-15(14-5-3-4-6-17(14)20-16)11-18-12-7-9-13(19)10-8-12/h3-6,12-13,18-19H,2,7-11H2,1H3. The Bertz CT molecular complexity index is 567. The molecule has 0 atom stereocenters. The smallest absolute Gasteiger partial charge is 0.134 e. The van der Waals surface area contributed by atoms with Crippen LogP contribution >= 0.6 is 0 Å². The van der Waals surface area contributed by atoms with Crippen molar-refractivity contribution in [1.29, 1.82) is 0 Å². The van der Waals surface area contributed by atoms with Gasteiger partial charge in [-0.1, -0.05) is 25.1 Å². The molecule has 20 heavy (non-hydrogen) atoms. The number of fused-ring (bicyclic) bond motifs is 1. The van der Waals surface area contributed by atoms with Crippen LogP contribution in [0.2, 0.25) is 0 Å². The zero-order valence-corrected chi connectivity index (χ0v) is 12.1. The van der Waals surface area contributed by atoms with Crippen molar-refractivity contribution in [2.45, 2.75) is 57.7 Å². The highest BCUT2D eigenvalue weighted by atomic mass is 16.3. The molecular weight excluding hydrogens is 250 g/mol. The molecule has 3 heteroatoms. The van der Waals surface area contributed by atoms with Crippen LogP contribution in [0.4, 0.5) is 0 Å². The summed E-state index contributed by atoms with van der Waals surface area (Å²) >= 11 is 0. The Morgan fingerprint density at radius 3 is 2.70 bits per heavy atom. The molecule has 1 fully saturated rings. The van der Waals surface area contributed by atoms with Gasteiger partial charge in [-0.25, -0.2) is 0 Å². The Balaban J connectivity index is 1.73. The van der Waals surface area contributed by atoms with Gasteiger partial charge in [-0.05, 0) is 31.7 Å². The first kappa shape index (κ1) is 13.7. The maximum atomic E-state index is 9.56. The van der Waals surface area contributed by atoms with E-state index in [0.29, 0.717) is 6.04 Å². The Hall–Kier alpha value is -1.32. The molecule has 1 saturated carbocycles. The van der Waals surface area contributed by atoms with Crippen LogP contribution in [0.25, 0.3) is 11.0 Å². The molecule has 0 amide bonds. The monoisotopic (exact) mass is 273 g/mol. The normalized spacial score (nSPS) is 23.3. The van der Waals surface area contributed by atoms with Crippen molar-refractivity contribution in [3.05, 3.63) is 35.6 Å². The van der Waals surface area contributed by atoms with Gasteiger partial charge < -0.3 is 14.8 Å². The van der Waals surface area contributed by atoms with Gasteiger partial charge in [-0.3, -0.25) is 0 Å².